The Morgan fingerprint density at radius 1 is 1.15 bits per heavy atom. The molecular weight excluding hydrogens is 258 g/mol. The van der Waals surface area contributed by atoms with Gasteiger partial charge in [0.05, 0.1) is 19.0 Å². The minimum Gasteiger partial charge on any atom is -0.459 e. The van der Waals surface area contributed by atoms with Crippen molar-refractivity contribution in [3.63, 3.8) is 0 Å². The lowest BCUT2D eigenvalue weighted by molar-refractivity contribution is -0.120. The third kappa shape index (κ3) is 4.09. The Kier molecular flexibility index (Phi) is 4.66. The number of hydrogen-bond acceptors (Lipinski definition) is 4. The van der Waals surface area contributed by atoms with Crippen molar-refractivity contribution in [1.29, 1.82) is 0 Å². The highest BCUT2D eigenvalue weighted by molar-refractivity contribution is 5.94. The molecule has 6 heteroatoms. The minimum atomic E-state index is -0.447. The molecule has 0 radical (unpaired) electrons. The summed E-state index contributed by atoms with van der Waals surface area (Å²) in [5.41, 5.74) is 3.18. The molecule has 0 unspecified atom stereocenters. The van der Waals surface area contributed by atoms with E-state index in [1.807, 2.05) is 30.3 Å². The minimum absolute atomic E-state index is 0.158. The van der Waals surface area contributed by atoms with Crippen LogP contribution in [0.2, 0.25) is 0 Å². The highest BCUT2D eigenvalue weighted by Crippen LogP contribution is 1.98. The van der Waals surface area contributed by atoms with E-state index in [1.165, 1.54) is 18.5 Å². The number of nitrogens with zero attached hydrogens (tertiary/aromatic N) is 1. The molecule has 102 valence electrons. The fourth-order valence-corrected chi connectivity index (χ4v) is 1.41. The van der Waals surface area contributed by atoms with E-state index in [2.05, 4.69) is 15.8 Å². The fraction of sp³-hybridized carbons (Fsp3) is 0.0714. The van der Waals surface area contributed by atoms with Gasteiger partial charge in [0.1, 0.15) is 0 Å². The van der Waals surface area contributed by atoms with Crippen LogP contribution in [0.25, 0.3) is 0 Å². The molecule has 1 heterocycles. The van der Waals surface area contributed by atoms with Crippen molar-refractivity contribution in [2.45, 2.75) is 0 Å². The Labute approximate surface area is 115 Å². The van der Waals surface area contributed by atoms with Crippen molar-refractivity contribution >= 4 is 18.0 Å². The summed E-state index contributed by atoms with van der Waals surface area (Å²) in [5.74, 6) is -0.708. The lowest BCUT2D eigenvalue weighted by Crippen LogP contribution is -2.34. The van der Waals surface area contributed by atoms with Crippen molar-refractivity contribution < 1.29 is 14.0 Å². The van der Waals surface area contributed by atoms with Gasteiger partial charge in [0, 0.05) is 0 Å². The predicted octanol–water partition coefficient (Wildman–Crippen LogP) is 1.16. The largest absolute Gasteiger partial charge is 0.459 e. The van der Waals surface area contributed by atoms with Crippen LogP contribution in [0.5, 0.6) is 0 Å². The summed E-state index contributed by atoms with van der Waals surface area (Å²) in [6, 6.07) is 12.4. The van der Waals surface area contributed by atoms with Gasteiger partial charge in [0.25, 0.3) is 11.8 Å². The van der Waals surface area contributed by atoms with E-state index in [0.29, 0.717) is 0 Å². The summed E-state index contributed by atoms with van der Waals surface area (Å²) in [6.07, 6.45) is 2.91. The van der Waals surface area contributed by atoms with Gasteiger partial charge in [0.15, 0.2) is 5.76 Å². The zero-order chi connectivity index (χ0) is 14.2. The molecule has 0 spiro atoms. The van der Waals surface area contributed by atoms with Crippen molar-refractivity contribution in [1.82, 2.24) is 10.7 Å². The Morgan fingerprint density at radius 3 is 2.65 bits per heavy atom. The Balaban J connectivity index is 1.73. The molecule has 1 aromatic carbocycles. The van der Waals surface area contributed by atoms with E-state index in [0.717, 1.165) is 5.56 Å². The second-order valence-corrected chi connectivity index (χ2v) is 3.86. The highest BCUT2D eigenvalue weighted by Gasteiger charge is 2.09. The van der Waals surface area contributed by atoms with Gasteiger partial charge in [0.2, 0.25) is 0 Å². The van der Waals surface area contributed by atoms with Crippen molar-refractivity contribution in [3.8, 4) is 0 Å². The van der Waals surface area contributed by atoms with E-state index in [-0.39, 0.29) is 12.3 Å². The standard InChI is InChI=1S/C14H13N3O3/c18-13(10-15-14(19)12-7-4-8-20-12)17-16-9-11-5-2-1-3-6-11/h1-9H,10H2,(H,15,19)(H,17,18)/b16-9+. The number of amides is 2. The summed E-state index contributed by atoms with van der Waals surface area (Å²) < 4.78 is 4.89. The Morgan fingerprint density at radius 2 is 1.95 bits per heavy atom. The van der Waals surface area contributed by atoms with Crippen molar-refractivity contribution in [2.24, 2.45) is 5.10 Å². The van der Waals surface area contributed by atoms with Crippen LogP contribution < -0.4 is 10.7 Å². The molecule has 6 nitrogen and oxygen atoms in total. The molecule has 0 saturated carbocycles. The van der Waals surface area contributed by atoms with Crippen LogP contribution in [0.1, 0.15) is 16.1 Å². The van der Waals surface area contributed by atoms with Crippen molar-refractivity contribution in [3.05, 3.63) is 60.1 Å². The summed E-state index contributed by atoms with van der Waals surface area (Å²) in [7, 11) is 0. The quantitative estimate of drug-likeness (QED) is 0.632. The van der Waals surface area contributed by atoms with Crippen LogP contribution in [0.3, 0.4) is 0 Å². The molecule has 20 heavy (non-hydrogen) atoms. The lowest BCUT2D eigenvalue weighted by atomic mass is 10.2. The SMILES string of the molecule is O=C(CNC(=O)c1ccco1)N/N=C/c1ccccc1. The van der Waals surface area contributed by atoms with E-state index in [9.17, 15) is 9.59 Å². The molecular formula is C14H13N3O3. The molecule has 0 aliphatic carbocycles. The van der Waals surface area contributed by atoms with Crippen LogP contribution in [-0.4, -0.2) is 24.6 Å². The van der Waals surface area contributed by atoms with Gasteiger partial charge in [-0.2, -0.15) is 5.10 Å². The first-order valence-corrected chi connectivity index (χ1v) is 5.94. The number of hydrazone groups is 1. The van der Waals surface area contributed by atoms with E-state index < -0.39 is 11.8 Å². The summed E-state index contributed by atoms with van der Waals surface area (Å²) >= 11 is 0. The monoisotopic (exact) mass is 271 g/mol. The van der Waals surface area contributed by atoms with Gasteiger partial charge in [-0.15, -0.1) is 0 Å². The molecule has 2 aromatic rings. The number of carbonyl (C=O) groups excluding carboxylic acids is 2. The molecule has 1 aromatic heterocycles. The second-order valence-electron chi connectivity index (χ2n) is 3.86. The fourth-order valence-electron chi connectivity index (χ4n) is 1.41. The number of nitrogens with one attached hydrogen (secondary N) is 2. The van der Waals surface area contributed by atoms with Crippen LogP contribution >= 0.6 is 0 Å². The van der Waals surface area contributed by atoms with Gasteiger partial charge >= 0.3 is 0 Å². The molecule has 2 rings (SSSR count). The summed E-state index contributed by atoms with van der Waals surface area (Å²) in [5, 5.41) is 6.20. The maximum atomic E-state index is 11.5. The smallest absolute Gasteiger partial charge is 0.287 e. The summed E-state index contributed by atoms with van der Waals surface area (Å²) in [4.78, 5) is 22.9. The normalized spacial score (nSPS) is 10.4. The van der Waals surface area contributed by atoms with Gasteiger partial charge < -0.3 is 9.73 Å². The zero-order valence-electron chi connectivity index (χ0n) is 10.6. The molecule has 0 fully saturated rings. The highest BCUT2D eigenvalue weighted by atomic mass is 16.3. The van der Waals surface area contributed by atoms with Crippen molar-refractivity contribution in [2.75, 3.05) is 6.54 Å². The lowest BCUT2D eigenvalue weighted by Gasteiger charge is -2.01. The molecule has 0 atom stereocenters. The van der Waals surface area contributed by atoms with Crippen LogP contribution in [-0.2, 0) is 4.79 Å². The van der Waals surface area contributed by atoms with E-state index in [1.54, 1.807) is 6.07 Å². The molecule has 2 N–H and O–H groups in total. The van der Waals surface area contributed by atoms with Crippen LogP contribution in [0.4, 0.5) is 0 Å². The first kappa shape index (κ1) is 13.5. The van der Waals surface area contributed by atoms with Crippen LogP contribution in [0.15, 0.2) is 58.2 Å². The molecule has 0 aliphatic rings. The van der Waals surface area contributed by atoms with E-state index in [4.69, 9.17) is 4.42 Å². The Bertz CT molecular complexity index is 591. The van der Waals surface area contributed by atoms with Crippen LogP contribution in [0, 0.1) is 0 Å². The zero-order valence-corrected chi connectivity index (χ0v) is 10.6. The number of rotatable bonds is 5. The number of furan rings is 1. The van der Waals surface area contributed by atoms with Gasteiger partial charge in [-0.25, -0.2) is 5.43 Å². The van der Waals surface area contributed by atoms with Gasteiger partial charge in [-0.05, 0) is 17.7 Å². The molecule has 2 amide bonds. The first-order chi connectivity index (χ1) is 9.75. The third-order valence-corrected chi connectivity index (χ3v) is 2.36. The first-order valence-electron chi connectivity index (χ1n) is 5.94. The third-order valence-electron chi connectivity index (χ3n) is 2.36. The molecule has 0 bridgehead atoms. The average Bonchev–Trinajstić information content (AvgIpc) is 3.00. The molecule has 0 saturated heterocycles. The number of hydrogen-bond donors (Lipinski definition) is 2. The topological polar surface area (TPSA) is 83.7 Å². The second kappa shape index (κ2) is 6.89. The predicted molar refractivity (Wildman–Crippen MR) is 73.2 cm³/mol. The maximum absolute atomic E-state index is 11.5. The van der Waals surface area contributed by atoms with Gasteiger partial charge in [-0.3, -0.25) is 9.59 Å². The maximum Gasteiger partial charge on any atom is 0.287 e. The number of benzene rings is 1. The Hall–Kier alpha value is -2.89. The average molecular weight is 271 g/mol. The van der Waals surface area contributed by atoms with Gasteiger partial charge in [-0.1, -0.05) is 30.3 Å². The summed E-state index contributed by atoms with van der Waals surface area (Å²) in [6.45, 7) is -0.175. The van der Waals surface area contributed by atoms with E-state index >= 15 is 0 Å². The molecule has 0 aliphatic heterocycles. The number of carbonyl (C=O) groups is 2.